The summed E-state index contributed by atoms with van der Waals surface area (Å²) in [4.78, 5) is 28.8. The number of nitrogens with one attached hydrogen (secondary N) is 3. The van der Waals surface area contributed by atoms with Crippen molar-refractivity contribution in [2.24, 2.45) is 0 Å². The quantitative estimate of drug-likeness (QED) is 0.443. The molecule has 0 radical (unpaired) electrons. The molecule has 2 aromatic carbocycles. The Kier molecular flexibility index (Phi) is 5.67. The van der Waals surface area contributed by atoms with Gasteiger partial charge in [-0.25, -0.2) is 4.98 Å². The fraction of sp³-hybridized carbons (Fsp3) is 0.0909. The lowest BCUT2D eigenvalue weighted by atomic mass is 10.1. The number of H-pyrrole nitrogens is 1. The molecular formula is C22H19N5O2S. The summed E-state index contributed by atoms with van der Waals surface area (Å²) in [6.07, 6.45) is 1.78. The van der Waals surface area contributed by atoms with Crippen LogP contribution in [-0.2, 0) is 4.79 Å². The highest BCUT2D eigenvalue weighted by molar-refractivity contribution is 7.14. The molecule has 2 amide bonds. The molecule has 150 valence electrons. The second-order valence-corrected chi connectivity index (χ2v) is 7.53. The van der Waals surface area contributed by atoms with Crippen LogP contribution in [0, 0.1) is 6.92 Å². The molecule has 0 saturated carbocycles. The summed E-state index contributed by atoms with van der Waals surface area (Å²) in [5, 5.41) is 14.7. The number of carbonyl (C=O) groups excluding carboxylic acids is 2. The van der Waals surface area contributed by atoms with Gasteiger partial charge in [-0.05, 0) is 25.1 Å². The summed E-state index contributed by atoms with van der Waals surface area (Å²) in [6, 6.07) is 17.0. The van der Waals surface area contributed by atoms with Crippen molar-refractivity contribution in [1.29, 1.82) is 0 Å². The van der Waals surface area contributed by atoms with Crippen LogP contribution in [0.5, 0.6) is 0 Å². The highest BCUT2D eigenvalue weighted by Crippen LogP contribution is 2.27. The van der Waals surface area contributed by atoms with Gasteiger partial charge in [-0.1, -0.05) is 42.0 Å². The van der Waals surface area contributed by atoms with Gasteiger partial charge in [0.05, 0.1) is 17.9 Å². The van der Waals surface area contributed by atoms with Gasteiger partial charge in [0.25, 0.3) is 5.91 Å². The molecule has 4 aromatic rings. The maximum absolute atomic E-state index is 12.2. The van der Waals surface area contributed by atoms with Crippen LogP contribution in [-0.4, -0.2) is 33.5 Å². The predicted octanol–water partition coefficient (Wildman–Crippen LogP) is 3.88. The van der Waals surface area contributed by atoms with Crippen molar-refractivity contribution in [1.82, 2.24) is 20.5 Å². The van der Waals surface area contributed by atoms with Crippen LogP contribution in [0.3, 0.4) is 0 Å². The lowest BCUT2D eigenvalue weighted by molar-refractivity contribution is -0.115. The molecule has 4 rings (SSSR count). The van der Waals surface area contributed by atoms with Gasteiger partial charge in [-0.15, -0.1) is 11.3 Å². The van der Waals surface area contributed by atoms with Crippen molar-refractivity contribution >= 4 is 28.3 Å². The topological polar surface area (TPSA) is 99.8 Å². The number of thiazole rings is 1. The smallest absolute Gasteiger partial charge is 0.251 e. The van der Waals surface area contributed by atoms with Gasteiger partial charge in [-0.2, -0.15) is 5.10 Å². The summed E-state index contributed by atoms with van der Waals surface area (Å²) >= 11 is 1.33. The fourth-order valence-corrected chi connectivity index (χ4v) is 3.64. The van der Waals surface area contributed by atoms with Crippen molar-refractivity contribution in [2.75, 3.05) is 11.9 Å². The summed E-state index contributed by atoms with van der Waals surface area (Å²) < 4.78 is 0. The summed E-state index contributed by atoms with van der Waals surface area (Å²) in [7, 11) is 0. The van der Waals surface area contributed by atoms with E-state index in [1.807, 2.05) is 54.8 Å². The van der Waals surface area contributed by atoms with Gasteiger partial charge in [-0.3, -0.25) is 14.7 Å². The van der Waals surface area contributed by atoms with Crippen LogP contribution in [0.25, 0.3) is 22.5 Å². The molecule has 7 nitrogen and oxygen atoms in total. The zero-order valence-electron chi connectivity index (χ0n) is 16.2. The average molecular weight is 417 g/mol. The molecule has 0 aliphatic rings. The summed E-state index contributed by atoms with van der Waals surface area (Å²) in [5.41, 5.74) is 5.11. The van der Waals surface area contributed by atoms with E-state index in [1.165, 1.54) is 11.3 Å². The third-order valence-corrected chi connectivity index (χ3v) is 5.18. The lowest BCUT2D eigenvalue weighted by Crippen LogP contribution is -2.32. The number of aryl methyl sites for hydroxylation is 1. The largest absolute Gasteiger partial charge is 0.343 e. The number of carbonyl (C=O) groups is 2. The van der Waals surface area contributed by atoms with E-state index in [0.29, 0.717) is 10.7 Å². The molecule has 0 atom stereocenters. The third-order valence-electron chi connectivity index (χ3n) is 4.42. The van der Waals surface area contributed by atoms with Crippen LogP contribution >= 0.6 is 11.3 Å². The summed E-state index contributed by atoms with van der Waals surface area (Å²) in [5.74, 6) is -0.614. The first kappa shape index (κ1) is 19.5. The first-order chi connectivity index (χ1) is 14.6. The summed E-state index contributed by atoms with van der Waals surface area (Å²) in [6.45, 7) is 1.79. The minimum Gasteiger partial charge on any atom is -0.343 e. The van der Waals surface area contributed by atoms with Gasteiger partial charge in [0.15, 0.2) is 5.13 Å². The standard InChI is InChI=1S/C22H19N5O2S/c1-14-3-2-4-17(11-14)21(29)23-12-20(28)26-22-25-19(13-30-22)16-7-5-15(6-8-16)18-9-10-24-27-18/h2-11,13H,12H2,1H3,(H,23,29)(H,24,27)(H,25,26,28). The van der Waals surface area contributed by atoms with Gasteiger partial charge < -0.3 is 10.6 Å². The molecule has 8 heteroatoms. The maximum Gasteiger partial charge on any atom is 0.251 e. The third kappa shape index (κ3) is 4.61. The van der Waals surface area contributed by atoms with Crippen LogP contribution in [0.2, 0.25) is 0 Å². The Balaban J connectivity index is 1.34. The Morgan fingerprint density at radius 3 is 2.50 bits per heavy atom. The van der Waals surface area contributed by atoms with Crippen molar-refractivity contribution in [3.05, 3.63) is 77.3 Å². The number of aromatic amines is 1. The molecule has 0 saturated heterocycles. The number of benzene rings is 2. The molecular weight excluding hydrogens is 398 g/mol. The van der Waals surface area contributed by atoms with Crippen molar-refractivity contribution in [2.45, 2.75) is 6.92 Å². The second kappa shape index (κ2) is 8.71. The highest BCUT2D eigenvalue weighted by atomic mass is 32.1. The zero-order chi connectivity index (χ0) is 20.9. The number of amides is 2. The Morgan fingerprint density at radius 2 is 1.80 bits per heavy atom. The van der Waals surface area contributed by atoms with Crippen LogP contribution in [0.15, 0.2) is 66.2 Å². The van der Waals surface area contributed by atoms with Crippen molar-refractivity contribution < 1.29 is 9.59 Å². The molecule has 2 heterocycles. The van der Waals surface area contributed by atoms with E-state index in [1.54, 1.807) is 18.3 Å². The van der Waals surface area contributed by atoms with Crippen LogP contribution in [0.4, 0.5) is 5.13 Å². The predicted molar refractivity (Wildman–Crippen MR) is 117 cm³/mol. The van der Waals surface area contributed by atoms with Crippen LogP contribution < -0.4 is 10.6 Å². The van der Waals surface area contributed by atoms with Crippen molar-refractivity contribution in [3.8, 4) is 22.5 Å². The van der Waals surface area contributed by atoms with Gasteiger partial charge in [0.1, 0.15) is 0 Å². The molecule has 0 spiro atoms. The molecule has 30 heavy (non-hydrogen) atoms. The molecule has 0 aliphatic carbocycles. The monoisotopic (exact) mass is 417 g/mol. The number of aromatic nitrogens is 3. The molecule has 0 fully saturated rings. The number of rotatable bonds is 6. The van der Waals surface area contributed by atoms with Gasteiger partial charge in [0.2, 0.25) is 5.91 Å². The van der Waals surface area contributed by atoms with E-state index in [9.17, 15) is 9.59 Å². The van der Waals surface area contributed by atoms with E-state index in [2.05, 4.69) is 25.8 Å². The Morgan fingerprint density at radius 1 is 1.03 bits per heavy atom. The van der Waals surface area contributed by atoms with Crippen LogP contribution in [0.1, 0.15) is 15.9 Å². The fourth-order valence-electron chi connectivity index (χ4n) is 2.91. The zero-order valence-corrected chi connectivity index (χ0v) is 17.0. The van der Waals surface area contributed by atoms with Gasteiger partial charge in [0, 0.05) is 28.3 Å². The van der Waals surface area contributed by atoms with Crippen molar-refractivity contribution in [3.63, 3.8) is 0 Å². The normalized spacial score (nSPS) is 10.6. The number of hydrogen-bond acceptors (Lipinski definition) is 5. The molecule has 2 aromatic heterocycles. The lowest BCUT2D eigenvalue weighted by Gasteiger charge is -2.05. The Hall–Kier alpha value is -3.78. The average Bonchev–Trinajstić information content (AvgIpc) is 3.45. The first-order valence-electron chi connectivity index (χ1n) is 9.29. The molecule has 0 unspecified atom stereocenters. The van der Waals surface area contributed by atoms with E-state index < -0.39 is 0 Å². The second-order valence-electron chi connectivity index (χ2n) is 6.68. The Bertz CT molecular complexity index is 1170. The molecule has 0 bridgehead atoms. The minimum atomic E-state index is -0.328. The number of anilines is 1. The minimum absolute atomic E-state index is 0.125. The maximum atomic E-state index is 12.2. The molecule has 3 N–H and O–H groups in total. The number of nitrogens with zero attached hydrogens (tertiary/aromatic N) is 2. The van der Waals surface area contributed by atoms with E-state index in [-0.39, 0.29) is 18.4 Å². The highest BCUT2D eigenvalue weighted by Gasteiger charge is 2.11. The Labute approximate surface area is 177 Å². The first-order valence-corrected chi connectivity index (χ1v) is 10.2. The van der Waals surface area contributed by atoms with E-state index >= 15 is 0 Å². The SMILES string of the molecule is Cc1cccc(C(=O)NCC(=O)Nc2nc(-c3ccc(-c4cc[nH]n4)cc3)cs2)c1. The number of hydrogen-bond donors (Lipinski definition) is 3. The molecule has 0 aliphatic heterocycles. The van der Waals surface area contributed by atoms with E-state index in [0.717, 1.165) is 28.1 Å². The van der Waals surface area contributed by atoms with E-state index in [4.69, 9.17) is 0 Å². The van der Waals surface area contributed by atoms with Gasteiger partial charge >= 0.3 is 0 Å².